The number of H-pyrrole nitrogens is 1. The van der Waals surface area contributed by atoms with Gasteiger partial charge in [-0.1, -0.05) is 6.08 Å². The summed E-state index contributed by atoms with van der Waals surface area (Å²) in [5.74, 6) is 0.0848. The molecule has 1 aliphatic heterocycles. The van der Waals surface area contributed by atoms with Gasteiger partial charge in [0.15, 0.2) is 0 Å². The number of aryl methyl sites for hydroxylation is 2. The summed E-state index contributed by atoms with van der Waals surface area (Å²) in [6, 6.07) is 0. The van der Waals surface area contributed by atoms with E-state index in [0.717, 1.165) is 37.1 Å². The summed E-state index contributed by atoms with van der Waals surface area (Å²) in [6.07, 6.45) is 5.30. The van der Waals surface area contributed by atoms with Crippen LogP contribution in [0.4, 0.5) is 0 Å². The van der Waals surface area contributed by atoms with Gasteiger partial charge >= 0.3 is 5.69 Å². The summed E-state index contributed by atoms with van der Waals surface area (Å²) in [5.41, 5.74) is 1.78. The van der Waals surface area contributed by atoms with Gasteiger partial charge in [-0.3, -0.25) is 4.79 Å². The van der Waals surface area contributed by atoms with Crippen LogP contribution in [-0.4, -0.2) is 45.6 Å². The van der Waals surface area contributed by atoms with E-state index in [1.807, 2.05) is 17.9 Å². The minimum absolute atomic E-state index is 0.0743. The molecule has 1 saturated heterocycles. The zero-order valence-corrected chi connectivity index (χ0v) is 14.6. The number of aliphatic hydroxyl groups is 1. The Kier molecular flexibility index (Phi) is 5.94. The maximum Gasteiger partial charge on any atom is 0.345 e. The number of carbonyl (C=O) groups is 1. The molecule has 0 aromatic carbocycles. The first-order chi connectivity index (χ1) is 11.4. The van der Waals surface area contributed by atoms with Crippen LogP contribution in [0.1, 0.15) is 42.6 Å². The number of amides is 1. The average Bonchev–Trinajstić information content (AvgIpc) is 2.54. The van der Waals surface area contributed by atoms with E-state index in [2.05, 4.69) is 16.5 Å². The number of hydrogen-bond donors (Lipinski definition) is 2. The lowest BCUT2D eigenvalue weighted by Crippen LogP contribution is -2.47. The molecule has 6 nitrogen and oxygen atoms in total. The summed E-state index contributed by atoms with van der Waals surface area (Å²) in [5, 5.41) is 9.75. The van der Waals surface area contributed by atoms with Crippen molar-refractivity contribution in [2.45, 2.75) is 46.0 Å². The summed E-state index contributed by atoms with van der Waals surface area (Å²) < 4.78 is 0. The molecule has 0 radical (unpaired) electrons. The van der Waals surface area contributed by atoms with E-state index in [0.29, 0.717) is 25.1 Å². The molecule has 1 aliphatic rings. The molecule has 1 atom stereocenters. The molecule has 0 spiro atoms. The molecule has 6 heteroatoms. The maximum atomic E-state index is 12.6. The number of rotatable bonds is 6. The Labute approximate surface area is 142 Å². The Balaban J connectivity index is 2.02. The van der Waals surface area contributed by atoms with Gasteiger partial charge in [0, 0.05) is 36.3 Å². The molecule has 0 unspecified atom stereocenters. The zero-order chi connectivity index (χ0) is 17.7. The molecule has 1 amide bonds. The van der Waals surface area contributed by atoms with Crippen molar-refractivity contribution in [3.05, 3.63) is 40.1 Å². The van der Waals surface area contributed by atoms with Crippen molar-refractivity contribution >= 4 is 5.91 Å². The van der Waals surface area contributed by atoms with Crippen LogP contribution in [0.3, 0.4) is 0 Å². The molecule has 2 rings (SSSR count). The predicted molar refractivity (Wildman–Crippen MR) is 92.8 cm³/mol. The predicted octanol–water partition coefficient (Wildman–Crippen LogP) is 1.50. The quantitative estimate of drug-likeness (QED) is 0.773. The molecule has 0 saturated carbocycles. The summed E-state index contributed by atoms with van der Waals surface area (Å²) >= 11 is 0. The van der Waals surface area contributed by atoms with Crippen molar-refractivity contribution in [2.24, 2.45) is 5.41 Å². The van der Waals surface area contributed by atoms with Gasteiger partial charge in [0.05, 0.1) is 6.61 Å². The monoisotopic (exact) mass is 333 g/mol. The van der Waals surface area contributed by atoms with Gasteiger partial charge in [-0.05, 0) is 45.1 Å². The lowest BCUT2D eigenvalue weighted by atomic mass is 9.77. The molecule has 1 fully saturated rings. The first kappa shape index (κ1) is 18.4. The summed E-state index contributed by atoms with van der Waals surface area (Å²) in [6.45, 7) is 8.79. The summed E-state index contributed by atoms with van der Waals surface area (Å²) in [7, 11) is 0. The van der Waals surface area contributed by atoms with Gasteiger partial charge in [0.2, 0.25) is 5.91 Å². The highest BCUT2D eigenvalue weighted by Gasteiger charge is 2.35. The normalized spacial score (nSPS) is 20.9. The van der Waals surface area contributed by atoms with Crippen LogP contribution < -0.4 is 5.69 Å². The second-order valence-corrected chi connectivity index (χ2v) is 6.80. The number of likely N-dealkylation sites (tertiary alicyclic amines) is 1. The summed E-state index contributed by atoms with van der Waals surface area (Å²) in [4.78, 5) is 32.4. The van der Waals surface area contributed by atoms with Gasteiger partial charge in [-0.15, -0.1) is 6.58 Å². The molecule has 1 aromatic rings. The van der Waals surface area contributed by atoms with Crippen molar-refractivity contribution in [1.82, 2.24) is 14.9 Å². The molecular weight excluding hydrogens is 306 g/mol. The standard InChI is InChI=1S/C18H27N3O3/c1-4-8-18(12-22)9-5-10-21(11-18)16(23)7-6-15-13(2)19-17(24)20-14(15)3/h4,22H,1,5-12H2,2-3H3,(H,19,20,24)/t18-/m0/s1. The van der Waals surface area contributed by atoms with Crippen molar-refractivity contribution in [2.75, 3.05) is 19.7 Å². The fourth-order valence-electron chi connectivity index (χ4n) is 3.60. The van der Waals surface area contributed by atoms with Gasteiger partial charge in [-0.25, -0.2) is 4.79 Å². The van der Waals surface area contributed by atoms with Crippen molar-refractivity contribution in [1.29, 1.82) is 0 Å². The minimum Gasteiger partial charge on any atom is -0.396 e. The van der Waals surface area contributed by atoms with Crippen molar-refractivity contribution in [3.63, 3.8) is 0 Å². The molecule has 1 aromatic heterocycles. The number of carbonyl (C=O) groups excluding carboxylic acids is 1. The van der Waals surface area contributed by atoms with Crippen molar-refractivity contribution in [3.8, 4) is 0 Å². The Morgan fingerprint density at radius 3 is 2.88 bits per heavy atom. The highest BCUT2D eigenvalue weighted by molar-refractivity contribution is 5.76. The van der Waals surface area contributed by atoms with Crippen molar-refractivity contribution < 1.29 is 9.90 Å². The lowest BCUT2D eigenvalue weighted by Gasteiger charge is -2.41. The zero-order valence-electron chi connectivity index (χ0n) is 14.6. The fourth-order valence-corrected chi connectivity index (χ4v) is 3.60. The molecule has 132 valence electrons. The lowest BCUT2D eigenvalue weighted by molar-refractivity contribution is -0.135. The minimum atomic E-state index is -0.353. The average molecular weight is 333 g/mol. The van der Waals surface area contributed by atoms with E-state index in [9.17, 15) is 14.7 Å². The molecule has 0 aliphatic carbocycles. The fraction of sp³-hybridized carbons (Fsp3) is 0.611. The van der Waals surface area contributed by atoms with E-state index in [1.165, 1.54) is 0 Å². The van der Waals surface area contributed by atoms with E-state index in [4.69, 9.17) is 0 Å². The van der Waals surface area contributed by atoms with Crippen LogP contribution in [-0.2, 0) is 11.2 Å². The second-order valence-electron chi connectivity index (χ2n) is 6.80. The van der Waals surface area contributed by atoms with Crippen LogP contribution in [0.5, 0.6) is 0 Å². The number of allylic oxidation sites excluding steroid dienone is 1. The third kappa shape index (κ3) is 4.12. The van der Waals surface area contributed by atoms with E-state index < -0.39 is 0 Å². The number of piperidine rings is 1. The first-order valence-electron chi connectivity index (χ1n) is 8.47. The topological polar surface area (TPSA) is 86.3 Å². The van der Waals surface area contributed by atoms with Crippen LogP contribution >= 0.6 is 0 Å². The smallest absolute Gasteiger partial charge is 0.345 e. The number of aromatic nitrogens is 2. The first-order valence-corrected chi connectivity index (χ1v) is 8.47. The number of hydrogen-bond acceptors (Lipinski definition) is 4. The van der Waals surface area contributed by atoms with E-state index in [1.54, 1.807) is 6.92 Å². The number of nitrogens with zero attached hydrogens (tertiary/aromatic N) is 2. The van der Waals surface area contributed by atoms with E-state index in [-0.39, 0.29) is 23.6 Å². The van der Waals surface area contributed by atoms with Crippen LogP contribution in [0.2, 0.25) is 0 Å². The molecular formula is C18H27N3O3. The Morgan fingerprint density at radius 2 is 2.25 bits per heavy atom. The Hall–Kier alpha value is -1.95. The van der Waals surface area contributed by atoms with E-state index >= 15 is 0 Å². The highest BCUT2D eigenvalue weighted by Crippen LogP contribution is 2.33. The Bertz CT molecular complexity index is 642. The SMILES string of the molecule is C=CC[C@]1(CO)CCCN(C(=O)CCc2c(C)nc(=O)[nH]c2C)C1. The van der Waals surface area contributed by atoms with Gasteiger partial charge in [-0.2, -0.15) is 4.98 Å². The maximum absolute atomic E-state index is 12.6. The second kappa shape index (κ2) is 7.75. The largest absolute Gasteiger partial charge is 0.396 e. The van der Waals surface area contributed by atoms with Gasteiger partial charge in [0.1, 0.15) is 0 Å². The van der Waals surface area contributed by atoms with Crippen LogP contribution in [0.15, 0.2) is 17.4 Å². The third-order valence-electron chi connectivity index (χ3n) is 4.97. The van der Waals surface area contributed by atoms with Gasteiger partial charge < -0.3 is 15.0 Å². The van der Waals surface area contributed by atoms with Crippen LogP contribution in [0.25, 0.3) is 0 Å². The molecule has 24 heavy (non-hydrogen) atoms. The number of aromatic amines is 1. The molecule has 0 bridgehead atoms. The number of nitrogens with one attached hydrogen (secondary N) is 1. The Morgan fingerprint density at radius 1 is 1.50 bits per heavy atom. The highest BCUT2D eigenvalue weighted by atomic mass is 16.3. The molecule has 2 heterocycles. The van der Waals surface area contributed by atoms with Crippen LogP contribution in [0, 0.1) is 19.3 Å². The number of aliphatic hydroxyl groups excluding tert-OH is 1. The molecule has 2 N–H and O–H groups in total. The third-order valence-corrected chi connectivity index (χ3v) is 4.97. The van der Waals surface area contributed by atoms with Gasteiger partial charge in [0.25, 0.3) is 0 Å².